The Morgan fingerprint density at radius 2 is 1.47 bits per heavy atom. The maximum absolute atomic E-state index is 12.2. The SMILES string of the molecule is O=C1CCCCCCCCCCC1CCCCCO. The lowest BCUT2D eigenvalue weighted by Crippen LogP contribution is -2.15. The van der Waals surface area contributed by atoms with E-state index in [-0.39, 0.29) is 0 Å². The molecule has 1 fully saturated rings. The van der Waals surface area contributed by atoms with Gasteiger partial charge in [0.25, 0.3) is 0 Å². The van der Waals surface area contributed by atoms with E-state index in [1.54, 1.807) is 0 Å². The number of carbonyl (C=O) groups excluding carboxylic acids is 1. The van der Waals surface area contributed by atoms with Gasteiger partial charge in [0.2, 0.25) is 0 Å². The van der Waals surface area contributed by atoms with Gasteiger partial charge in [-0.05, 0) is 25.7 Å². The second-order valence-corrected chi connectivity index (χ2v) is 6.10. The van der Waals surface area contributed by atoms with Crippen LogP contribution in [0.1, 0.15) is 89.9 Å². The molecule has 0 aliphatic heterocycles. The Bertz CT molecular complexity index is 223. The quantitative estimate of drug-likeness (QED) is 0.738. The molecule has 112 valence electrons. The minimum atomic E-state index is 0.290. The van der Waals surface area contributed by atoms with Crippen molar-refractivity contribution < 1.29 is 9.90 Å². The van der Waals surface area contributed by atoms with E-state index in [4.69, 9.17) is 5.11 Å². The van der Waals surface area contributed by atoms with Crippen LogP contribution in [-0.4, -0.2) is 17.5 Å². The third kappa shape index (κ3) is 8.41. The van der Waals surface area contributed by atoms with Gasteiger partial charge in [-0.15, -0.1) is 0 Å². The van der Waals surface area contributed by atoms with Gasteiger partial charge in [-0.3, -0.25) is 4.79 Å². The number of carbonyl (C=O) groups is 1. The molecule has 0 aromatic carbocycles. The van der Waals surface area contributed by atoms with Gasteiger partial charge in [-0.1, -0.05) is 57.8 Å². The average Bonchev–Trinajstić information content (AvgIpc) is 2.41. The molecule has 1 saturated carbocycles. The van der Waals surface area contributed by atoms with Gasteiger partial charge in [0.15, 0.2) is 0 Å². The van der Waals surface area contributed by atoms with Crippen molar-refractivity contribution in [2.45, 2.75) is 89.9 Å². The van der Waals surface area contributed by atoms with Crippen LogP contribution in [0.5, 0.6) is 0 Å². The fourth-order valence-corrected chi connectivity index (χ4v) is 3.10. The summed E-state index contributed by atoms with van der Waals surface area (Å²) in [6.07, 6.45) is 16.3. The van der Waals surface area contributed by atoms with Crippen molar-refractivity contribution in [3.8, 4) is 0 Å². The van der Waals surface area contributed by atoms with Crippen LogP contribution in [0, 0.1) is 5.92 Å². The van der Waals surface area contributed by atoms with Crippen molar-refractivity contribution in [3.63, 3.8) is 0 Å². The summed E-state index contributed by atoms with van der Waals surface area (Å²) in [7, 11) is 0. The highest BCUT2D eigenvalue weighted by Crippen LogP contribution is 2.23. The standard InChI is InChI=1S/C17H32O2/c18-15-11-7-9-13-16-12-8-5-3-1-2-4-6-10-14-17(16)19/h16,18H,1-15H2. The van der Waals surface area contributed by atoms with Crippen molar-refractivity contribution in [1.82, 2.24) is 0 Å². The van der Waals surface area contributed by atoms with E-state index in [2.05, 4.69) is 0 Å². The number of aliphatic hydroxyl groups is 1. The molecule has 1 aliphatic carbocycles. The summed E-state index contributed by atoms with van der Waals surface area (Å²) in [4.78, 5) is 12.2. The molecule has 0 aromatic rings. The third-order valence-corrected chi connectivity index (χ3v) is 4.39. The maximum atomic E-state index is 12.2. The van der Waals surface area contributed by atoms with Gasteiger partial charge in [0.05, 0.1) is 0 Å². The Labute approximate surface area is 119 Å². The normalized spacial score (nSPS) is 23.6. The second-order valence-electron chi connectivity index (χ2n) is 6.10. The molecule has 0 bridgehead atoms. The molecule has 0 saturated heterocycles. The molecule has 0 aromatic heterocycles. The number of Topliss-reactive ketones (excluding diaryl/α,β-unsaturated/α-hetero) is 1. The summed E-state index contributed by atoms with van der Waals surface area (Å²) < 4.78 is 0. The van der Waals surface area contributed by atoms with E-state index >= 15 is 0 Å². The Kier molecular flexibility index (Phi) is 10.1. The molecule has 0 radical (unpaired) electrons. The van der Waals surface area contributed by atoms with Crippen LogP contribution >= 0.6 is 0 Å². The molecule has 0 heterocycles. The van der Waals surface area contributed by atoms with Crippen LogP contribution < -0.4 is 0 Å². The molecule has 0 spiro atoms. The van der Waals surface area contributed by atoms with Crippen molar-refractivity contribution in [3.05, 3.63) is 0 Å². The van der Waals surface area contributed by atoms with Crippen molar-refractivity contribution in [1.29, 1.82) is 0 Å². The molecule has 0 amide bonds. The van der Waals surface area contributed by atoms with Gasteiger partial charge in [-0.2, -0.15) is 0 Å². The van der Waals surface area contributed by atoms with E-state index in [1.165, 1.54) is 44.9 Å². The van der Waals surface area contributed by atoms with Crippen molar-refractivity contribution in [2.24, 2.45) is 5.92 Å². The Balaban J connectivity index is 2.31. The number of ketones is 1. The van der Waals surface area contributed by atoms with Crippen LogP contribution in [0.2, 0.25) is 0 Å². The summed E-state index contributed by atoms with van der Waals surface area (Å²) in [5, 5.41) is 8.80. The smallest absolute Gasteiger partial charge is 0.135 e. The zero-order valence-electron chi connectivity index (χ0n) is 12.5. The van der Waals surface area contributed by atoms with Crippen LogP contribution in [-0.2, 0) is 4.79 Å². The molecular weight excluding hydrogens is 236 g/mol. The molecule has 19 heavy (non-hydrogen) atoms. The second kappa shape index (κ2) is 11.5. The molecule has 2 nitrogen and oxygen atoms in total. The predicted octanol–water partition coefficient (Wildman–Crippen LogP) is 4.64. The van der Waals surface area contributed by atoms with Crippen LogP contribution in [0.3, 0.4) is 0 Å². The first-order chi connectivity index (χ1) is 9.34. The van der Waals surface area contributed by atoms with E-state index in [0.717, 1.165) is 44.9 Å². The lowest BCUT2D eigenvalue weighted by atomic mass is 9.88. The van der Waals surface area contributed by atoms with E-state index in [1.807, 2.05) is 0 Å². The van der Waals surface area contributed by atoms with E-state index in [9.17, 15) is 4.79 Å². The van der Waals surface area contributed by atoms with Gasteiger partial charge in [0.1, 0.15) is 5.78 Å². The highest BCUT2D eigenvalue weighted by Gasteiger charge is 2.17. The Morgan fingerprint density at radius 1 is 0.842 bits per heavy atom. The van der Waals surface area contributed by atoms with Gasteiger partial charge in [-0.25, -0.2) is 0 Å². The van der Waals surface area contributed by atoms with Crippen LogP contribution in [0.25, 0.3) is 0 Å². The Hall–Kier alpha value is -0.370. The lowest BCUT2D eigenvalue weighted by molar-refractivity contribution is -0.123. The first-order valence-corrected chi connectivity index (χ1v) is 8.48. The van der Waals surface area contributed by atoms with Gasteiger partial charge >= 0.3 is 0 Å². The molecule has 1 aliphatic rings. The fraction of sp³-hybridized carbons (Fsp3) is 0.941. The van der Waals surface area contributed by atoms with E-state index in [0.29, 0.717) is 18.3 Å². The van der Waals surface area contributed by atoms with Crippen LogP contribution in [0.4, 0.5) is 0 Å². The van der Waals surface area contributed by atoms with Gasteiger partial charge < -0.3 is 5.11 Å². The summed E-state index contributed by atoms with van der Waals surface area (Å²) in [5.41, 5.74) is 0. The highest BCUT2D eigenvalue weighted by atomic mass is 16.2. The van der Waals surface area contributed by atoms with Crippen molar-refractivity contribution >= 4 is 5.78 Å². The lowest BCUT2D eigenvalue weighted by Gasteiger charge is -2.16. The summed E-state index contributed by atoms with van der Waals surface area (Å²) in [5.74, 6) is 0.836. The monoisotopic (exact) mass is 268 g/mol. The number of unbranched alkanes of at least 4 members (excludes halogenated alkanes) is 2. The number of hydrogen-bond acceptors (Lipinski definition) is 2. The minimum Gasteiger partial charge on any atom is -0.396 e. The maximum Gasteiger partial charge on any atom is 0.135 e. The number of aliphatic hydroxyl groups excluding tert-OH is 1. The molecule has 1 unspecified atom stereocenters. The molecule has 1 atom stereocenters. The molecule has 1 rings (SSSR count). The average molecular weight is 268 g/mol. The number of rotatable bonds is 5. The van der Waals surface area contributed by atoms with Crippen LogP contribution in [0.15, 0.2) is 0 Å². The largest absolute Gasteiger partial charge is 0.396 e. The summed E-state index contributed by atoms with van der Waals surface area (Å²) in [6, 6.07) is 0. The topological polar surface area (TPSA) is 37.3 Å². The zero-order valence-corrected chi connectivity index (χ0v) is 12.5. The van der Waals surface area contributed by atoms with E-state index < -0.39 is 0 Å². The summed E-state index contributed by atoms with van der Waals surface area (Å²) >= 11 is 0. The number of hydrogen-bond donors (Lipinski definition) is 1. The molecule has 1 N–H and O–H groups in total. The fourth-order valence-electron chi connectivity index (χ4n) is 3.10. The zero-order chi connectivity index (χ0) is 13.8. The van der Waals surface area contributed by atoms with Crippen molar-refractivity contribution in [2.75, 3.05) is 6.61 Å². The highest BCUT2D eigenvalue weighted by molar-refractivity contribution is 5.80. The molecule has 2 heteroatoms. The first-order valence-electron chi connectivity index (χ1n) is 8.48. The Morgan fingerprint density at radius 3 is 2.16 bits per heavy atom. The summed E-state index contributed by atoms with van der Waals surface area (Å²) in [6.45, 7) is 0.290. The minimum absolute atomic E-state index is 0.290. The predicted molar refractivity (Wildman–Crippen MR) is 80.2 cm³/mol. The first kappa shape index (κ1) is 16.7. The third-order valence-electron chi connectivity index (χ3n) is 4.39. The molecular formula is C17H32O2. The van der Waals surface area contributed by atoms with Gasteiger partial charge in [0, 0.05) is 18.9 Å².